The summed E-state index contributed by atoms with van der Waals surface area (Å²) in [5, 5.41) is 13.0. The van der Waals surface area contributed by atoms with Crippen molar-refractivity contribution in [1.29, 1.82) is 0 Å². The molecule has 1 aromatic heterocycles. The number of aliphatic hydroxyl groups is 1. The van der Waals surface area contributed by atoms with Crippen LogP contribution in [-0.4, -0.2) is 40.3 Å². The predicted molar refractivity (Wildman–Crippen MR) is 56.9 cm³/mol. The zero-order valence-electron chi connectivity index (χ0n) is 9.51. The molecule has 1 saturated heterocycles. The summed E-state index contributed by atoms with van der Waals surface area (Å²) in [4.78, 5) is 13.7. The fourth-order valence-corrected chi connectivity index (χ4v) is 2.14. The molecule has 1 aromatic rings. The van der Waals surface area contributed by atoms with Gasteiger partial charge in [0, 0.05) is 12.6 Å². The zero-order valence-corrected chi connectivity index (χ0v) is 9.51. The van der Waals surface area contributed by atoms with E-state index in [0.29, 0.717) is 18.2 Å². The number of hydrogen-bond donors (Lipinski definition) is 1. The molecular formula is C11H16N2O3. The smallest absolute Gasteiger partial charge is 0.292 e. The molecule has 2 atom stereocenters. The van der Waals surface area contributed by atoms with Gasteiger partial charge in [-0.05, 0) is 19.3 Å². The summed E-state index contributed by atoms with van der Waals surface area (Å²) in [6.07, 6.45) is 0.921. The number of hydrogen-bond acceptors (Lipinski definition) is 4. The predicted octanol–water partition coefficient (Wildman–Crippen LogP) is 0.826. The summed E-state index contributed by atoms with van der Waals surface area (Å²) in [6, 6.07) is 1.53. The molecule has 5 heteroatoms. The Labute approximate surface area is 94.0 Å². The number of nitrogens with zero attached hydrogens (tertiary/aromatic N) is 2. The lowest BCUT2D eigenvalue weighted by Gasteiger charge is -2.23. The molecule has 5 nitrogen and oxygen atoms in total. The van der Waals surface area contributed by atoms with E-state index in [1.807, 2.05) is 6.92 Å². The molecular weight excluding hydrogens is 208 g/mol. The van der Waals surface area contributed by atoms with E-state index in [0.717, 1.165) is 6.42 Å². The fraction of sp³-hybridized carbons (Fsp3) is 0.636. The Bertz CT molecular complexity index is 388. The molecule has 0 bridgehead atoms. The standard InChI is InChI=1S/C11H16N2O3/c1-7-3-4-13(9(7)6-14)11(15)10-5-8(2)12-16-10/h5,7,9,14H,3-4,6H2,1-2H3. The van der Waals surface area contributed by atoms with E-state index in [1.54, 1.807) is 17.9 Å². The van der Waals surface area contributed by atoms with E-state index in [1.165, 1.54) is 0 Å². The van der Waals surface area contributed by atoms with Crippen LogP contribution in [0, 0.1) is 12.8 Å². The maximum absolute atomic E-state index is 12.1. The Balaban J connectivity index is 2.16. The summed E-state index contributed by atoms with van der Waals surface area (Å²) in [5.41, 5.74) is 0.691. The number of aryl methyl sites for hydroxylation is 1. The molecule has 1 aliphatic heterocycles. The van der Waals surface area contributed by atoms with E-state index < -0.39 is 0 Å². The van der Waals surface area contributed by atoms with Crippen LogP contribution in [0.15, 0.2) is 10.6 Å². The second kappa shape index (κ2) is 4.25. The van der Waals surface area contributed by atoms with Crippen LogP contribution in [0.3, 0.4) is 0 Å². The van der Waals surface area contributed by atoms with Crippen LogP contribution in [0.1, 0.15) is 29.6 Å². The largest absolute Gasteiger partial charge is 0.394 e. The van der Waals surface area contributed by atoms with Gasteiger partial charge in [0.25, 0.3) is 5.91 Å². The monoisotopic (exact) mass is 224 g/mol. The zero-order chi connectivity index (χ0) is 11.7. The number of likely N-dealkylation sites (tertiary alicyclic amines) is 1. The quantitative estimate of drug-likeness (QED) is 0.807. The summed E-state index contributed by atoms with van der Waals surface area (Å²) in [5.74, 6) is 0.409. The number of carbonyl (C=O) groups is 1. The van der Waals surface area contributed by atoms with E-state index in [2.05, 4.69) is 5.16 Å². The van der Waals surface area contributed by atoms with Crippen molar-refractivity contribution in [2.45, 2.75) is 26.3 Å². The number of aromatic nitrogens is 1. The molecule has 1 N–H and O–H groups in total. The van der Waals surface area contributed by atoms with Crippen LogP contribution in [0.4, 0.5) is 0 Å². The summed E-state index contributed by atoms with van der Waals surface area (Å²) < 4.78 is 4.94. The van der Waals surface area contributed by atoms with Gasteiger partial charge in [-0.3, -0.25) is 4.79 Å². The third kappa shape index (κ3) is 1.82. The average molecular weight is 224 g/mol. The molecule has 2 rings (SSSR count). The van der Waals surface area contributed by atoms with Gasteiger partial charge < -0.3 is 14.5 Å². The number of aliphatic hydroxyl groups excluding tert-OH is 1. The molecule has 2 heterocycles. The Kier molecular flexibility index (Phi) is 2.96. The lowest BCUT2D eigenvalue weighted by Crippen LogP contribution is -2.39. The van der Waals surface area contributed by atoms with Gasteiger partial charge in [0.2, 0.25) is 5.76 Å². The Morgan fingerprint density at radius 3 is 3.06 bits per heavy atom. The van der Waals surface area contributed by atoms with Crippen LogP contribution < -0.4 is 0 Å². The second-order valence-corrected chi connectivity index (χ2v) is 4.35. The van der Waals surface area contributed by atoms with Crippen LogP contribution in [0.25, 0.3) is 0 Å². The molecule has 0 aliphatic carbocycles. The molecule has 88 valence electrons. The van der Waals surface area contributed by atoms with Crippen molar-refractivity contribution in [1.82, 2.24) is 10.1 Å². The number of amides is 1. The molecule has 1 amide bonds. The Hall–Kier alpha value is -1.36. The maximum Gasteiger partial charge on any atom is 0.292 e. The van der Waals surface area contributed by atoms with Crippen molar-refractivity contribution in [2.24, 2.45) is 5.92 Å². The van der Waals surface area contributed by atoms with Crippen LogP contribution in [0.5, 0.6) is 0 Å². The van der Waals surface area contributed by atoms with Gasteiger partial charge in [-0.15, -0.1) is 0 Å². The van der Waals surface area contributed by atoms with Crippen molar-refractivity contribution in [3.05, 3.63) is 17.5 Å². The van der Waals surface area contributed by atoms with Crippen LogP contribution in [0.2, 0.25) is 0 Å². The summed E-state index contributed by atoms with van der Waals surface area (Å²) >= 11 is 0. The van der Waals surface area contributed by atoms with Crippen molar-refractivity contribution in [3.8, 4) is 0 Å². The van der Waals surface area contributed by atoms with Crippen LogP contribution in [-0.2, 0) is 0 Å². The first kappa shape index (κ1) is 11.1. The van der Waals surface area contributed by atoms with Gasteiger partial charge in [0.15, 0.2) is 0 Å². The third-order valence-corrected chi connectivity index (χ3v) is 3.17. The van der Waals surface area contributed by atoms with Gasteiger partial charge in [-0.25, -0.2) is 0 Å². The second-order valence-electron chi connectivity index (χ2n) is 4.35. The van der Waals surface area contributed by atoms with Crippen molar-refractivity contribution in [3.63, 3.8) is 0 Å². The average Bonchev–Trinajstić information content (AvgIpc) is 2.83. The van der Waals surface area contributed by atoms with Gasteiger partial charge in [0.05, 0.1) is 18.3 Å². The van der Waals surface area contributed by atoms with Gasteiger partial charge in [-0.2, -0.15) is 0 Å². The third-order valence-electron chi connectivity index (χ3n) is 3.17. The lowest BCUT2D eigenvalue weighted by molar-refractivity contribution is 0.0607. The first-order valence-corrected chi connectivity index (χ1v) is 5.48. The molecule has 1 aliphatic rings. The summed E-state index contributed by atoms with van der Waals surface area (Å²) in [7, 11) is 0. The van der Waals surface area contributed by atoms with E-state index in [9.17, 15) is 9.90 Å². The highest BCUT2D eigenvalue weighted by atomic mass is 16.5. The SMILES string of the molecule is Cc1cc(C(=O)N2CCC(C)C2CO)on1. The van der Waals surface area contributed by atoms with Crippen molar-refractivity contribution < 1.29 is 14.4 Å². The minimum absolute atomic E-state index is 0.0000257. The fourth-order valence-electron chi connectivity index (χ4n) is 2.14. The molecule has 0 spiro atoms. The number of rotatable bonds is 2. The maximum atomic E-state index is 12.1. The summed E-state index contributed by atoms with van der Waals surface area (Å²) in [6.45, 7) is 4.49. The van der Waals surface area contributed by atoms with Gasteiger partial charge in [-0.1, -0.05) is 12.1 Å². The molecule has 0 radical (unpaired) electrons. The Morgan fingerprint density at radius 1 is 1.75 bits per heavy atom. The highest BCUT2D eigenvalue weighted by molar-refractivity contribution is 5.91. The molecule has 16 heavy (non-hydrogen) atoms. The van der Waals surface area contributed by atoms with E-state index >= 15 is 0 Å². The van der Waals surface area contributed by atoms with Crippen molar-refractivity contribution >= 4 is 5.91 Å². The van der Waals surface area contributed by atoms with E-state index in [4.69, 9.17) is 4.52 Å². The Morgan fingerprint density at radius 2 is 2.50 bits per heavy atom. The molecule has 1 fully saturated rings. The first-order chi connectivity index (χ1) is 7.63. The van der Waals surface area contributed by atoms with Crippen LogP contribution >= 0.6 is 0 Å². The van der Waals surface area contributed by atoms with Gasteiger partial charge in [0.1, 0.15) is 0 Å². The minimum Gasteiger partial charge on any atom is -0.394 e. The topological polar surface area (TPSA) is 66.6 Å². The minimum atomic E-state index is -0.177. The molecule has 0 saturated carbocycles. The normalized spacial score (nSPS) is 25.1. The lowest BCUT2D eigenvalue weighted by atomic mass is 10.0. The van der Waals surface area contributed by atoms with Gasteiger partial charge >= 0.3 is 0 Å². The molecule has 0 aromatic carbocycles. The van der Waals surface area contributed by atoms with Crippen molar-refractivity contribution in [2.75, 3.05) is 13.2 Å². The first-order valence-electron chi connectivity index (χ1n) is 5.48. The highest BCUT2D eigenvalue weighted by Gasteiger charge is 2.35. The number of carbonyl (C=O) groups excluding carboxylic acids is 1. The highest BCUT2D eigenvalue weighted by Crippen LogP contribution is 2.25. The molecule has 2 unspecified atom stereocenters. The van der Waals surface area contributed by atoms with E-state index in [-0.39, 0.29) is 24.3 Å².